The van der Waals surface area contributed by atoms with Gasteiger partial charge in [-0.1, -0.05) is 51.1 Å². The largest absolute Gasteiger partial charge is 0.354 e. The van der Waals surface area contributed by atoms with Crippen molar-refractivity contribution in [2.45, 2.75) is 33.1 Å². The fourth-order valence-corrected chi connectivity index (χ4v) is 2.76. The van der Waals surface area contributed by atoms with E-state index in [0.717, 1.165) is 22.6 Å². The van der Waals surface area contributed by atoms with E-state index in [2.05, 4.69) is 36.4 Å². The minimum absolute atomic E-state index is 0.0853. The first-order valence-electron chi connectivity index (χ1n) is 9.02. The first-order chi connectivity index (χ1) is 12.8. The molecule has 27 heavy (non-hydrogen) atoms. The molecule has 2 N–H and O–H groups in total. The summed E-state index contributed by atoms with van der Waals surface area (Å²) in [5, 5.41) is 6.25. The van der Waals surface area contributed by atoms with Gasteiger partial charge >= 0.3 is 0 Å². The molecule has 0 aliphatic heterocycles. The molecular formula is C23H25N3O. The smallest absolute Gasteiger partial charge is 0.257 e. The van der Waals surface area contributed by atoms with Crippen LogP contribution in [0.15, 0.2) is 67.0 Å². The zero-order chi connectivity index (χ0) is 19.4. The van der Waals surface area contributed by atoms with Crippen molar-refractivity contribution in [2.75, 3.05) is 10.6 Å². The number of anilines is 3. The molecule has 0 fully saturated rings. The minimum Gasteiger partial charge on any atom is -0.354 e. The van der Waals surface area contributed by atoms with E-state index in [1.54, 1.807) is 18.5 Å². The monoisotopic (exact) mass is 359 g/mol. The summed E-state index contributed by atoms with van der Waals surface area (Å²) >= 11 is 0. The van der Waals surface area contributed by atoms with Crippen LogP contribution in [0.3, 0.4) is 0 Å². The molecule has 0 aliphatic carbocycles. The lowest BCUT2D eigenvalue weighted by molar-refractivity contribution is 0.102. The summed E-state index contributed by atoms with van der Waals surface area (Å²) in [5.41, 5.74) is 5.49. The van der Waals surface area contributed by atoms with Crippen LogP contribution in [0.2, 0.25) is 0 Å². The predicted octanol–water partition coefficient (Wildman–Crippen LogP) is 5.68. The summed E-state index contributed by atoms with van der Waals surface area (Å²) in [6.07, 6.45) is 3.28. The van der Waals surface area contributed by atoms with E-state index in [4.69, 9.17) is 0 Å². The van der Waals surface area contributed by atoms with Gasteiger partial charge in [-0.05, 0) is 47.7 Å². The molecule has 0 aliphatic rings. The van der Waals surface area contributed by atoms with Gasteiger partial charge in [-0.3, -0.25) is 9.78 Å². The van der Waals surface area contributed by atoms with Crippen LogP contribution in [0.1, 0.15) is 42.3 Å². The highest BCUT2D eigenvalue weighted by Crippen LogP contribution is 2.24. The fourth-order valence-electron chi connectivity index (χ4n) is 2.76. The number of hydrogen-bond donors (Lipinski definition) is 2. The van der Waals surface area contributed by atoms with Crippen LogP contribution in [0, 0.1) is 6.92 Å². The SMILES string of the molecule is Cc1ccccc1Nc1cncc(C(=O)Nc2ccc(C(C)(C)C)cc2)c1. The molecule has 138 valence electrons. The molecule has 3 aromatic rings. The third kappa shape index (κ3) is 4.73. The maximum Gasteiger partial charge on any atom is 0.257 e. The van der Waals surface area contributed by atoms with Crippen molar-refractivity contribution in [3.63, 3.8) is 0 Å². The Morgan fingerprint density at radius 3 is 2.30 bits per heavy atom. The van der Waals surface area contributed by atoms with Gasteiger partial charge in [0.05, 0.1) is 17.4 Å². The zero-order valence-corrected chi connectivity index (χ0v) is 16.2. The number of carbonyl (C=O) groups excluding carboxylic acids is 1. The molecule has 0 saturated heterocycles. The van der Waals surface area contributed by atoms with Crippen LogP contribution in [0.5, 0.6) is 0 Å². The fraction of sp³-hybridized carbons (Fsp3) is 0.217. The Bertz CT molecular complexity index is 940. The number of para-hydroxylation sites is 1. The summed E-state index contributed by atoms with van der Waals surface area (Å²) < 4.78 is 0. The third-order valence-corrected chi connectivity index (χ3v) is 4.43. The molecule has 4 heteroatoms. The lowest BCUT2D eigenvalue weighted by atomic mass is 9.87. The van der Waals surface area contributed by atoms with Gasteiger partial charge in [0.25, 0.3) is 5.91 Å². The highest BCUT2D eigenvalue weighted by molar-refractivity contribution is 6.04. The van der Waals surface area contributed by atoms with Crippen LogP contribution in [-0.2, 0) is 5.41 Å². The number of aryl methyl sites for hydroxylation is 1. The molecule has 2 aromatic carbocycles. The highest BCUT2D eigenvalue weighted by Gasteiger charge is 2.14. The van der Waals surface area contributed by atoms with Crippen molar-refractivity contribution in [1.82, 2.24) is 4.98 Å². The Morgan fingerprint density at radius 2 is 1.63 bits per heavy atom. The Balaban J connectivity index is 1.73. The van der Waals surface area contributed by atoms with Gasteiger partial charge in [-0.15, -0.1) is 0 Å². The van der Waals surface area contributed by atoms with E-state index in [1.165, 1.54) is 5.56 Å². The van der Waals surface area contributed by atoms with Gasteiger partial charge in [-0.25, -0.2) is 0 Å². The van der Waals surface area contributed by atoms with Crippen molar-refractivity contribution in [3.8, 4) is 0 Å². The molecule has 0 radical (unpaired) electrons. The number of nitrogens with one attached hydrogen (secondary N) is 2. The molecule has 0 spiro atoms. The highest BCUT2D eigenvalue weighted by atomic mass is 16.1. The van der Waals surface area contributed by atoms with Crippen molar-refractivity contribution < 1.29 is 4.79 Å². The molecule has 0 unspecified atom stereocenters. The minimum atomic E-state index is -0.181. The zero-order valence-electron chi connectivity index (χ0n) is 16.2. The van der Waals surface area contributed by atoms with Gasteiger partial charge in [-0.2, -0.15) is 0 Å². The second-order valence-electron chi connectivity index (χ2n) is 7.68. The van der Waals surface area contributed by atoms with E-state index < -0.39 is 0 Å². The topological polar surface area (TPSA) is 54.0 Å². The van der Waals surface area contributed by atoms with Crippen LogP contribution >= 0.6 is 0 Å². The van der Waals surface area contributed by atoms with Crippen LogP contribution in [0.4, 0.5) is 17.1 Å². The van der Waals surface area contributed by atoms with E-state index in [9.17, 15) is 4.79 Å². The van der Waals surface area contributed by atoms with Gasteiger partial charge < -0.3 is 10.6 Å². The summed E-state index contributed by atoms with van der Waals surface area (Å²) in [5.74, 6) is -0.181. The predicted molar refractivity (Wildman–Crippen MR) is 112 cm³/mol. The van der Waals surface area contributed by atoms with Crippen LogP contribution in [-0.4, -0.2) is 10.9 Å². The van der Waals surface area contributed by atoms with Crippen molar-refractivity contribution in [1.29, 1.82) is 0 Å². The van der Waals surface area contributed by atoms with Crippen LogP contribution in [0.25, 0.3) is 0 Å². The molecule has 1 amide bonds. The number of hydrogen-bond acceptors (Lipinski definition) is 3. The summed E-state index contributed by atoms with van der Waals surface area (Å²) in [6.45, 7) is 8.53. The van der Waals surface area contributed by atoms with Gasteiger partial charge in [0.2, 0.25) is 0 Å². The molecule has 0 bridgehead atoms. The normalized spacial score (nSPS) is 11.1. The quantitative estimate of drug-likeness (QED) is 0.630. The first-order valence-corrected chi connectivity index (χ1v) is 9.02. The molecule has 1 aromatic heterocycles. The number of carbonyl (C=O) groups is 1. The maximum atomic E-state index is 12.6. The Morgan fingerprint density at radius 1 is 0.926 bits per heavy atom. The van der Waals surface area contributed by atoms with Crippen LogP contribution < -0.4 is 10.6 Å². The standard InChI is InChI=1S/C23H25N3O/c1-16-7-5-6-8-21(16)25-20-13-17(14-24-15-20)22(27)26-19-11-9-18(10-12-19)23(2,3)4/h5-15,25H,1-4H3,(H,26,27). The number of amides is 1. The Hall–Kier alpha value is -3.14. The van der Waals surface area contributed by atoms with Gasteiger partial charge in [0.15, 0.2) is 0 Å². The molecule has 3 rings (SSSR count). The second kappa shape index (κ2) is 7.62. The number of nitrogens with zero attached hydrogens (tertiary/aromatic N) is 1. The van der Waals surface area contributed by atoms with E-state index in [1.807, 2.05) is 55.5 Å². The molecule has 4 nitrogen and oxygen atoms in total. The maximum absolute atomic E-state index is 12.6. The number of benzene rings is 2. The Labute approximate surface area is 160 Å². The van der Waals surface area contributed by atoms with E-state index >= 15 is 0 Å². The number of aromatic nitrogens is 1. The number of rotatable bonds is 4. The average molecular weight is 359 g/mol. The molecule has 0 saturated carbocycles. The summed E-state index contributed by atoms with van der Waals surface area (Å²) in [7, 11) is 0. The Kier molecular flexibility index (Phi) is 5.26. The molecule has 1 heterocycles. The molecular weight excluding hydrogens is 334 g/mol. The first kappa shape index (κ1) is 18.6. The summed E-state index contributed by atoms with van der Waals surface area (Å²) in [4.78, 5) is 16.8. The average Bonchev–Trinajstić information content (AvgIpc) is 2.63. The van der Waals surface area contributed by atoms with Crippen molar-refractivity contribution >= 4 is 23.0 Å². The number of pyridine rings is 1. The lowest BCUT2D eigenvalue weighted by Crippen LogP contribution is -2.14. The lowest BCUT2D eigenvalue weighted by Gasteiger charge is -2.19. The summed E-state index contributed by atoms with van der Waals surface area (Å²) in [6, 6.07) is 17.8. The van der Waals surface area contributed by atoms with Crippen molar-refractivity contribution in [3.05, 3.63) is 83.7 Å². The third-order valence-electron chi connectivity index (χ3n) is 4.43. The van der Waals surface area contributed by atoms with Gasteiger partial charge in [0, 0.05) is 17.6 Å². The van der Waals surface area contributed by atoms with E-state index in [-0.39, 0.29) is 11.3 Å². The van der Waals surface area contributed by atoms with Crippen molar-refractivity contribution in [2.24, 2.45) is 0 Å². The van der Waals surface area contributed by atoms with Gasteiger partial charge in [0.1, 0.15) is 0 Å². The molecule has 0 atom stereocenters. The van der Waals surface area contributed by atoms with E-state index in [0.29, 0.717) is 5.56 Å². The second-order valence-corrected chi connectivity index (χ2v) is 7.68.